The topological polar surface area (TPSA) is 23.6 Å². The molecule has 3 heteroatoms. The molecule has 0 saturated carbocycles. The van der Waals surface area contributed by atoms with E-state index in [1.165, 1.54) is 6.42 Å². The molecular formula is C12H24N2O. The summed E-state index contributed by atoms with van der Waals surface area (Å²) in [5, 5.41) is 0. The molecule has 1 aliphatic rings. The van der Waals surface area contributed by atoms with Gasteiger partial charge in [-0.25, -0.2) is 4.79 Å². The molecule has 1 aliphatic heterocycles. The minimum absolute atomic E-state index is 0.218. The summed E-state index contributed by atoms with van der Waals surface area (Å²) in [5.41, 5.74) is 0. The predicted molar refractivity (Wildman–Crippen MR) is 62.9 cm³/mol. The molecule has 88 valence electrons. The second-order valence-electron chi connectivity index (χ2n) is 4.75. The summed E-state index contributed by atoms with van der Waals surface area (Å²) in [5.74, 6) is 0.669. The van der Waals surface area contributed by atoms with Crippen molar-refractivity contribution in [2.45, 2.75) is 39.5 Å². The Labute approximate surface area is 93.4 Å². The van der Waals surface area contributed by atoms with Crippen LogP contribution in [0.15, 0.2) is 0 Å². The normalized spacial score (nSPS) is 21.5. The van der Waals surface area contributed by atoms with E-state index in [1.54, 1.807) is 0 Å². The zero-order chi connectivity index (χ0) is 11.3. The van der Waals surface area contributed by atoms with Crippen LogP contribution in [-0.2, 0) is 0 Å². The van der Waals surface area contributed by atoms with Gasteiger partial charge in [0.15, 0.2) is 0 Å². The summed E-state index contributed by atoms with van der Waals surface area (Å²) in [6.07, 6.45) is 4.68. The largest absolute Gasteiger partial charge is 0.328 e. The standard InChI is InChI=1S/C12H24N2O/c1-4-5-8-13(3)12(15)14-9-6-7-11(2)10-14/h11H,4-10H2,1-3H3. The fourth-order valence-corrected chi connectivity index (χ4v) is 2.10. The summed E-state index contributed by atoms with van der Waals surface area (Å²) in [6, 6.07) is 0.218. The first-order valence-corrected chi connectivity index (χ1v) is 6.15. The Hall–Kier alpha value is -0.730. The number of carbonyl (C=O) groups excluding carboxylic acids is 1. The maximum atomic E-state index is 12.0. The van der Waals surface area contributed by atoms with Crippen LogP contribution in [0.3, 0.4) is 0 Å². The SMILES string of the molecule is CCCCN(C)C(=O)N1CCCC(C)C1. The van der Waals surface area contributed by atoms with E-state index in [0.29, 0.717) is 5.92 Å². The van der Waals surface area contributed by atoms with Gasteiger partial charge in [-0.3, -0.25) is 0 Å². The van der Waals surface area contributed by atoms with Crippen molar-refractivity contribution in [1.29, 1.82) is 0 Å². The zero-order valence-electron chi connectivity index (χ0n) is 10.3. The molecule has 15 heavy (non-hydrogen) atoms. The van der Waals surface area contributed by atoms with Crippen molar-refractivity contribution in [1.82, 2.24) is 9.80 Å². The molecule has 0 aliphatic carbocycles. The molecule has 0 spiro atoms. The second kappa shape index (κ2) is 5.99. The van der Waals surface area contributed by atoms with Gasteiger partial charge in [-0.05, 0) is 25.2 Å². The molecule has 1 heterocycles. The Morgan fingerprint density at radius 3 is 2.87 bits per heavy atom. The van der Waals surface area contributed by atoms with E-state index in [-0.39, 0.29) is 6.03 Å². The summed E-state index contributed by atoms with van der Waals surface area (Å²) in [6.45, 7) is 7.15. The molecule has 0 aromatic heterocycles. The van der Waals surface area contributed by atoms with Gasteiger partial charge in [0.2, 0.25) is 0 Å². The van der Waals surface area contributed by atoms with E-state index in [0.717, 1.165) is 38.9 Å². The van der Waals surface area contributed by atoms with Gasteiger partial charge in [-0.15, -0.1) is 0 Å². The molecule has 0 bridgehead atoms. The molecule has 0 radical (unpaired) electrons. The lowest BCUT2D eigenvalue weighted by Gasteiger charge is -2.34. The van der Waals surface area contributed by atoms with Gasteiger partial charge in [0.1, 0.15) is 0 Å². The van der Waals surface area contributed by atoms with Crippen LogP contribution in [0.4, 0.5) is 4.79 Å². The smallest absolute Gasteiger partial charge is 0.319 e. The Morgan fingerprint density at radius 1 is 1.53 bits per heavy atom. The number of nitrogens with zero attached hydrogens (tertiary/aromatic N) is 2. The zero-order valence-corrected chi connectivity index (χ0v) is 10.3. The van der Waals surface area contributed by atoms with Crippen LogP contribution >= 0.6 is 0 Å². The number of hydrogen-bond acceptors (Lipinski definition) is 1. The van der Waals surface area contributed by atoms with Gasteiger partial charge in [-0.1, -0.05) is 20.3 Å². The number of likely N-dealkylation sites (tertiary alicyclic amines) is 1. The summed E-state index contributed by atoms with van der Waals surface area (Å²) >= 11 is 0. The van der Waals surface area contributed by atoms with Gasteiger partial charge >= 0.3 is 6.03 Å². The highest BCUT2D eigenvalue weighted by Crippen LogP contribution is 2.16. The Bertz CT molecular complexity index is 206. The van der Waals surface area contributed by atoms with Crippen molar-refractivity contribution in [3.63, 3.8) is 0 Å². The van der Waals surface area contributed by atoms with E-state index < -0.39 is 0 Å². The first-order valence-electron chi connectivity index (χ1n) is 6.15. The molecule has 0 aromatic carbocycles. The van der Waals surface area contributed by atoms with E-state index >= 15 is 0 Å². The van der Waals surface area contributed by atoms with Gasteiger partial charge in [0.05, 0.1) is 0 Å². The molecule has 1 saturated heterocycles. The molecule has 1 unspecified atom stereocenters. The van der Waals surface area contributed by atoms with E-state index in [2.05, 4.69) is 13.8 Å². The molecule has 2 amide bonds. The molecular weight excluding hydrogens is 188 g/mol. The lowest BCUT2D eigenvalue weighted by atomic mass is 10.0. The van der Waals surface area contributed by atoms with Crippen LogP contribution < -0.4 is 0 Å². The third-order valence-corrected chi connectivity index (χ3v) is 3.10. The van der Waals surface area contributed by atoms with Crippen LogP contribution in [0.1, 0.15) is 39.5 Å². The third-order valence-electron chi connectivity index (χ3n) is 3.10. The number of piperidine rings is 1. The summed E-state index contributed by atoms with van der Waals surface area (Å²) < 4.78 is 0. The van der Waals surface area contributed by atoms with Crippen LogP contribution in [0.5, 0.6) is 0 Å². The van der Waals surface area contributed by atoms with E-state index in [9.17, 15) is 4.79 Å². The van der Waals surface area contributed by atoms with Crippen molar-refractivity contribution < 1.29 is 4.79 Å². The van der Waals surface area contributed by atoms with Crippen LogP contribution in [0.2, 0.25) is 0 Å². The molecule has 3 nitrogen and oxygen atoms in total. The minimum atomic E-state index is 0.218. The fourth-order valence-electron chi connectivity index (χ4n) is 2.10. The number of unbranched alkanes of at least 4 members (excludes halogenated alkanes) is 1. The second-order valence-corrected chi connectivity index (χ2v) is 4.75. The number of hydrogen-bond donors (Lipinski definition) is 0. The van der Waals surface area contributed by atoms with Crippen LogP contribution in [0.25, 0.3) is 0 Å². The van der Waals surface area contributed by atoms with Gasteiger partial charge in [0.25, 0.3) is 0 Å². The highest BCUT2D eigenvalue weighted by molar-refractivity contribution is 5.74. The van der Waals surface area contributed by atoms with E-state index in [4.69, 9.17) is 0 Å². The van der Waals surface area contributed by atoms with Crippen molar-refractivity contribution in [3.8, 4) is 0 Å². The Morgan fingerprint density at radius 2 is 2.27 bits per heavy atom. The number of urea groups is 1. The molecule has 1 fully saturated rings. The van der Waals surface area contributed by atoms with Crippen molar-refractivity contribution in [2.24, 2.45) is 5.92 Å². The summed E-state index contributed by atoms with van der Waals surface area (Å²) in [7, 11) is 1.91. The Balaban J connectivity index is 2.37. The van der Waals surface area contributed by atoms with Crippen molar-refractivity contribution >= 4 is 6.03 Å². The van der Waals surface area contributed by atoms with Crippen molar-refractivity contribution in [3.05, 3.63) is 0 Å². The van der Waals surface area contributed by atoms with Crippen molar-refractivity contribution in [2.75, 3.05) is 26.7 Å². The third kappa shape index (κ3) is 3.73. The summed E-state index contributed by atoms with van der Waals surface area (Å²) in [4.78, 5) is 15.9. The Kier molecular flexibility index (Phi) is 4.92. The maximum Gasteiger partial charge on any atom is 0.319 e. The molecule has 0 N–H and O–H groups in total. The lowest BCUT2D eigenvalue weighted by Crippen LogP contribution is -2.46. The first-order chi connectivity index (χ1) is 7.15. The molecule has 0 aromatic rings. The molecule has 1 atom stereocenters. The van der Waals surface area contributed by atoms with Crippen LogP contribution in [0, 0.1) is 5.92 Å². The lowest BCUT2D eigenvalue weighted by molar-refractivity contribution is 0.139. The molecule has 1 rings (SSSR count). The quantitative estimate of drug-likeness (QED) is 0.705. The van der Waals surface area contributed by atoms with E-state index in [1.807, 2.05) is 16.8 Å². The predicted octanol–water partition coefficient (Wildman–Crippen LogP) is 2.57. The average Bonchev–Trinajstić information content (AvgIpc) is 2.24. The number of amides is 2. The first kappa shape index (κ1) is 12.3. The average molecular weight is 212 g/mol. The van der Waals surface area contributed by atoms with Gasteiger partial charge in [0, 0.05) is 26.7 Å². The highest BCUT2D eigenvalue weighted by Gasteiger charge is 2.22. The van der Waals surface area contributed by atoms with Crippen LogP contribution in [-0.4, -0.2) is 42.5 Å². The minimum Gasteiger partial charge on any atom is -0.328 e. The number of carbonyl (C=O) groups is 1. The fraction of sp³-hybridized carbons (Fsp3) is 0.917. The monoisotopic (exact) mass is 212 g/mol. The van der Waals surface area contributed by atoms with Gasteiger partial charge < -0.3 is 9.80 Å². The van der Waals surface area contributed by atoms with Gasteiger partial charge in [-0.2, -0.15) is 0 Å². The highest BCUT2D eigenvalue weighted by atomic mass is 16.2. The maximum absolute atomic E-state index is 12.0. The number of rotatable bonds is 3.